The Kier molecular flexibility index (Phi) is 3.77. The van der Waals surface area contributed by atoms with Crippen LogP contribution >= 0.6 is 0 Å². The van der Waals surface area contributed by atoms with Gasteiger partial charge in [-0.2, -0.15) is 0 Å². The van der Waals surface area contributed by atoms with E-state index in [1.165, 1.54) is 17.7 Å². The SMILES string of the molecule is CC(C)(C)CCc1cccnc1C(C)(C)C. The van der Waals surface area contributed by atoms with Crippen LogP contribution in [-0.2, 0) is 11.8 Å². The number of hydrogen-bond acceptors (Lipinski definition) is 1. The molecule has 0 saturated heterocycles. The van der Waals surface area contributed by atoms with E-state index < -0.39 is 0 Å². The molecule has 0 fully saturated rings. The molecule has 1 aromatic heterocycles. The number of rotatable bonds is 2. The molecule has 0 radical (unpaired) electrons. The molecular formula is C15H25N. The summed E-state index contributed by atoms with van der Waals surface area (Å²) >= 11 is 0. The smallest absolute Gasteiger partial charge is 0.0488 e. The number of aromatic nitrogens is 1. The molecule has 0 bridgehead atoms. The van der Waals surface area contributed by atoms with Crippen molar-refractivity contribution in [1.29, 1.82) is 0 Å². The first-order valence-corrected chi connectivity index (χ1v) is 6.14. The second-order valence-electron chi connectivity index (χ2n) is 6.82. The van der Waals surface area contributed by atoms with E-state index in [0.717, 1.165) is 6.42 Å². The third kappa shape index (κ3) is 3.96. The van der Waals surface area contributed by atoms with Gasteiger partial charge in [-0.15, -0.1) is 0 Å². The van der Waals surface area contributed by atoms with Crippen molar-refractivity contribution in [1.82, 2.24) is 4.98 Å². The topological polar surface area (TPSA) is 12.9 Å². The minimum atomic E-state index is 0.147. The molecule has 0 amide bonds. The highest BCUT2D eigenvalue weighted by molar-refractivity contribution is 5.26. The van der Waals surface area contributed by atoms with Gasteiger partial charge in [0.05, 0.1) is 0 Å². The Labute approximate surface area is 100 Å². The van der Waals surface area contributed by atoms with Gasteiger partial charge >= 0.3 is 0 Å². The summed E-state index contributed by atoms with van der Waals surface area (Å²) in [4.78, 5) is 4.55. The van der Waals surface area contributed by atoms with Gasteiger partial charge in [0.15, 0.2) is 0 Å². The van der Waals surface area contributed by atoms with Crippen molar-refractivity contribution in [3.8, 4) is 0 Å². The predicted molar refractivity (Wildman–Crippen MR) is 70.7 cm³/mol. The van der Waals surface area contributed by atoms with Crippen LogP contribution < -0.4 is 0 Å². The Morgan fingerprint density at radius 3 is 2.19 bits per heavy atom. The van der Waals surface area contributed by atoms with Crippen molar-refractivity contribution >= 4 is 0 Å². The summed E-state index contributed by atoms with van der Waals surface area (Å²) in [6.45, 7) is 13.6. The summed E-state index contributed by atoms with van der Waals surface area (Å²) in [6.07, 6.45) is 4.24. The minimum absolute atomic E-state index is 0.147. The van der Waals surface area contributed by atoms with Crippen LogP contribution in [0.5, 0.6) is 0 Å². The van der Waals surface area contributed by atoms with Gasteiger partial charge in [-0.25, -0.2) is 0 Å². The first kappa shape index (κ1) is 13.2. The standard InChI is InChI=1S/C15H25N/c1-14(2,3)10-9-12-8-7-11-16-13(12)15(4,5)6/h7-8,11H,9-10H2,1-6H3. The fourth-order valence-electron chi connectivity index (χ4n) is 1.83. The van der Waals surface area contributed by atoms with Gasteiger partial charge in [-0.05, 0) is 29.9 Å². The zero-order chi connectivity index (χ0) is 12.4. The average molecular weight is 219 g/mol. The third-order valence-corrected chi connectivity index (χ3v) is 2.75. The van der Waals surface area contributed by atoms with Crippen LogP contribution in [0.25, 0.3) is 0 Å². The Bertz CT molecular complexity index is 339. The predicted octanol–water partition coefficient (Wildman–Crippen LogP) is 4.36. The zero-order valence-electron chi connectivity index (χ0n) is 11.6. The first-order valence-electron chi connectivity index (χ1n) is 6.14. The maximum absolute atomic E-state index is 4.55. The number of pyridine rings is 1. The van der Waals surface area contributed by atoms with Crippen LogP contribution in [0.15, 0.2) is 18.3 Å². The van der Waals surface area contributed by atoms with E-state index in [9.17, 15) is 0 Å². The Morgan fingerprint density at radius 2 is 1.69 bits per heavy atom. The van der Waals surface area contributed by atoms with Gasteiger partial charge in [-0.1, -0.05) is 47.6 Å². The molecule has 0 aliphatic heterocycles. The van der Waals surface area contributed by atoms with Crippen molar-refractivity contribution in [3.63, 3.8) is 0 Å². The molecule has 0 N–H and O–H groups in total. The van der Waals surface area contributed by atoms with Gasteiger partial charge in [0.25, 0.3) is 0 Å². The van der Waals surface area contributed by atoms with E-state index in [-0.39, 0.29) is 5.41 Å². The van der Waals surface area contributed by atoms with Crippen molar-refractivity contribution < 1.29 is 0 Å². The first-order chi connectivity index (χ1) is 7.20. The molecule has 0 unspecified atom stereocenters. The monoisotopic (exact) mass is 219 g/mol. The number of nitrogens with zero attached hydrogens (tertiary/aromatic N) is 1. The highest BCUT2D eigenvalue weighted by Gasteiger charge is 2.20. The third-order valence-electron chi connectivity index (χ3n) is 2.75. The maximum atomic E-state index is 4.55. The molecule has 0 aliphatic carbocycles. The van der Waals surface area contributed by atoms with E-state index in [1.54, 1.807) is 0 Å². The molecule has 1 nitrogen and oxygen atoms in total. The van der Waals surface area contributed by atoms with Crippen molar-refractivity contribution in [3.05, 3.63) is 29.6 Å². The largest absolute Gasteiger partial charge is 0.260 e. The molecule has 0 saturated carbocycles. The van der Waals surface area contributed by atoms with Crippen molar-refractivity contribution in [2.75, 3.05) is 0 Å². The Hall–Kier alpha value is -0.850. The van der Waals surface area contributed by atoms with E-state index in [1.807, 2.05) is 12.3 Å². The Balaban J connectivity index is 2.88. The average Bonchev–Trinajstić information content (AvgIpc) is 2.12. The lowest BCUT2D eigenvalue weighted by molar-refractivity contribution is 0.376. The zero-order valence-corrected chi connectivity index (χ0v) is 11.6. The van der Waals surface area contributed by atoms with E-state index in [0.29, 0.717) is 5.41 Å². The summed E-state index contributed by atoms with van der Waals surface area (Å²) in [7, 11) is 0. The maximum Gasteiger partial charge on any atom is 0.0488 e. The summed E-state index contributed by atoms with van der Waals surface area (Å²) in [5.41, 5.74) is 3.20. The van der Waals surface area contributed by atoms with Gasteiger partial charge in [0, 0.05) is 17.3 Å². The summed E-state index contributed by atoms with van der Waals surface area (Å²) in [5.74, 6) is 0. The molecule has 90 valence electrons. The molecule has 0 aliphatic rings. The van der Waals surface area contributed by atoms with Crippen LogP contribution in [0.4, 0.5) is 0 Å². The van der Waals surface area contributed by atoms with Crippen LogP contribution in [0.3, 0.4) is 0 Å². The molecule has 0 spiro atoms. The molecule has 1 aromatic rings. The fourth-order valence-corrected chi connectivity index (χ4v) is 1.83. The summed E-state index contributed by atoms with van der Waals surface area (Å²) < 4.78 is 0. The molecule has 1 heteroatoms. The lowest BCUT2D eigenvalue weighted by atomic mass is 9.83. The quantitative estimate of drug-likeness (QED) is 0.720. The minimum Gasteiger partial charge on any atom is -0.260 e. The number of hydrogen-bond donors (Lipinski definition) is 0. The number of aryl methyl sites for hydroxylation is 1. The second-order valence-corrected chi connectivity index (χ2v) is 6.82. The molecule has 0 atom stereocenters. The molecular weight excluding hydrogens is 194 g/mol. The normalized spacial score (nSPS) is 12.9. The summed E-state index contributed by atoms with van der Waals surface area (Å²) in [6, 6.07) is 4.27. The van der Waals surface area contributed by atoms with Crippen LogP contribution in [0, 0.1) is 5.41 Å². The van der Waals surface area contributed by atoms with Crippen LogP contribution in [0.2, 0.25) is 0 Å². The van der Waals surface area contributed by atoms with Crippen LogP contribution in [-0.4, -0.2) is 4.98 Å². The molecule has 1 rings (SSSR count). The lowest BCUT2D eigenvalue weighted by Gasteiger charge is -2.23. The lowest BCUT2D eigenvalue weighted by Crippen LogP contribution is -2.17. The highest BCUT2D eigenvalue weighted by atomic mass is 14.7. The molecule has 1 heterocycles. The van der Waals surface area contributed by atoms with Gasteiger partial charge in [0.2, 0.25) is 0 Å². The van der Waals surface area contributed by atoms with E-state index in [2.05, 4.69) is 52.6 Å². The van der Waals surface area contributed by atoms with Crippen molar-refractivity contribution in [2.24, 2.45) is 5.41 Å². The van der Waals surface area contributed by atoms with Gasteiger partial charge < -0.3 is 0 Å². The summed E-state index contributed by atoms with van der Waals surface area (Å²) in [5, 5.41) is 0. The van der Waals surface area contributed by atoms with Crippen LogP contribution in [0.1, 0.15) is 59.2 Å². The molecule has 0 aromatic carbocycles. The highest BCUT2D eigenvalue weighted by Crippen LogP contribution is 2.27. The fraction of sp³-hybridized carbons (Fsp3) is 0.667. The van der Waals surface area contributed by atoms with E-state index in [4.69, 9.17) is 0 Å². The molecule has 16 heavy (non-hydrogen) atoms. The van der Waals surface area contributed by atoms with E-state index >= 15 is 0 Å². The van der Waals surface area contributed by atoms with Gasteiger partial charge in [0.1, 0.15) is 0 Å². The van der Waals surface area contributed by atoms with Gasteiger partial charge in [-0.3, -0.25) is 4.98 Å². The van der Waals surface area contributed by atoms with Crippen molar-refractivity contribution in [2.45, 2.75) is 59.8 Å². The second kappa shape index (κ2) is 4.57. The Morgan fingerprint density at radius 1 is 1.06 bits per heavy atom.